The average Bonchev–Trinajstić information content (AvgIpc) is 1.16. The van der Waals surface area contributed by atoms with E-state index < -0.39 is 0 Å². The van der Waals surface area contributed by atoms with Crippen molar-refractivity contribution in [3.05, 3.63) is 364 Å². The van der Waals surface area contributed by atoms with Crippen LogP contribution in [0.3, 0.4) is 0 Å². The summed E-state index contributed by atoms with van der Waals surface area (Å²) in [7, 11) is 0. The van der Waals surface area contributed by atoms with Gasteiger partial charge in [0.15, 0.2) is 0 Å². The standard InChI is InChI=1S/C58H34O2.C46H26O2/c1-3-21-41-35(15-1)33-49-43-23-9-11-29-51(43)59-57(49)55(41)39-19-13-17-37(31-39)53-45-25-5-7-27-47(45)54(48-28-8-6-26-46(48)53)38-18-14-20-40(32-38)56-42-22-4-2-16-36(42)34-50-44-24-10-12-30-52(44)60-58(50)56;1-3-11-31-27(9-1)17-23-41-45(31)37-25-29(19-21-39(37)47-41)43-33-13-5-7-15-35(33)44(36-16-8-6-14-34(36)43)30-20-22-40-38(26-30)46-32-12-4-2-10-28(32)18-24-42(46)48-40/h1-34H;1-26H. The van der Waals surface area contributed by atoms with Gasteiger partial charge in [0.25, 0.3) is 0 Å². The molecule has 0 spiro atoms. The Morgan fingerprint density at radius 2 is 0.398 bits per heavy atom. The first-order chi connectivity index (χ1) is 53.6. The number of para-hydroxylation sites is 2. The molecule has 24 aromatic rings. The maximum atomic E-state index is 6.70. The van der Waals surface area contributed by atoms with Crippen LogP contribution in [0.5, 0.6) is 0 Å². The average molecular weight is 1370 g/mol. The predicted octanol–water partition coefficient (Wildman–Crippen LogP) is 30.2. The van der Waals surface area contributed by atoms with Gasteiger partial charge >= 0.3 is 0 Å². The zero-order valence-corrected chi connectivity index (χ0v) is 58.3. The van der Waals surface area contributed by atoms with Crippen molar-refractivity contribution >= 4 is 174 Å². The molecule has 0 aliphatic rings. The quantitative estimate of drug-likeness (QED) is 0.156. The highest BCUT2D eigenvalue weighted by molar-refractivity contribution is 6.28. The highest BCUT2D eigenvalue weighted by Crippen LogP contribution is 2.51. The Hall–Kier alpha value is -14.3. The number of hydrogen-bond donors (Lipinski definition) is 0. The number of furan rings is 4. The summed E-state index contributed by atoms with van der Waals surface area (Å²) in [5, 5.41) is 28.5. The summed E-state index contributed by atoms with van der Waals surface area (Å²) in [6.45, 7) is 0. The summed E-state index contributed by atoms with van der Waals surface area (Å²) in [5.41, 5.74) is 21.4. The molecule has 0 bridgehead atoms. The van der Waals surface area contributed by atoms with Crippen molar-refractivity contribution in [2.45, 2.75) is 0 Å². The zero-order valence-electron chi connectivity index (χ0n) is 58.3. The summed E-state index contributed by atoms with van der Waals surface area (Å²) in [5.74, 6) is 0. The van der Waals surface area contributed by atoms with Gasteiger partial charge in [-0.15, -0.1) is 0 Å². The fraction of sp³-hybridized carbons (Fsp3) is 0. The van der Waals surface area contributed by atoms with Gasteiger partial charge in [0, 0.05) is 54.2 Å². The van der Waals surface area contributed by atoms with E-state index in [1.807, 2.05) is 12.1 Å². The van der Waals surface area contributed by atoms with Gasteiger partial charge in [-0.1, -0.05) is 291 Å². The van der Waals surface area contributed by atoms with Gasteiger partial charge in [0.2, 0.25) is 0 Å². The third kappa shape index (κ3) is 9.11. The summed E-state index contributed by atoms with van der Waals surface area (Å²) < 4.78 is 26.2. The molecule has 24 rings (SSSR count). The van der Waals surface area contributed by atoms with E-state index in [4.69, 9.17) is 17.7 Å². The van der Waals surface area contributed by atoms with Crippen molar-refractivity contribution in [2.24, 2.45) is 0 Å². The lowest BCUT2D eigenvalue weighted by Crippen LogP contribution is -1.92. The van der Waals surface area contributed by atoms with Crippen LogP contribution in [0.25, 0.3) is 241 Å². The molecule has 0 fully saturated rings. The third-order valence-corrected chi connectivity index (χ3v) is 22.8. The Balaban J connectivity index is 0.000000134. The van der Waals surface area contributed by atoms with Crippen LogP contribution in [-0.4, -0.2) is 0 Å². The summed E-state index contributed by atoms with van der Waals surface area (Å²) in [4.78, 5) is 0. The molecule has 4 heterocycles. The van der Waals surface area contributed by atoms with Crippen molar-refractivity contribution in [1.29, 1.82) is 0 Å². The minimum Gasteiger partial charge on any atom is -0.456 e. The summed E-state index contributed by atoms with van der Waals surface area (Å²) >= 11 is 0. The highest BCUT2D eigenvalue weighted by atomic mass is 16.3. The van der Waals surface area contributed by atoms with Gasteiger partial charge in [-0.2, -0.15) is 0 Å². The maximum absolute atomic E-state index is 6.70. The normalized spacial score (nSPS) is 12.1. The second-order valence-corrected chi connectivity index (χ2v) is 28.7. The third-order valence-electron chi connectivity index (χ3n) is 22.8. The number of fused-ring (bicyclic) bond motifs is 22. The van der Waals surface area contributed by atoms with Crippen LogP contribution >= 0.6 is 0 Å². The van der Waals surface area contributed by atoms with E-state index in [-0.39, 0.29) is 0 Å². The van der Waals surface area contributed by atoms with Crippen molar-refractivity contribution < 1.29 is 17.7 Å². The minimum atomic E-state index is 0.902. The van der Waals surface area contributed by atoms with Crippen LogP contribution in [-0.2, 0) is 0 Å². The van der Waals surface area contributed by atoms with Crippen LogP contribution in [0, 0.1) is 0 Å². The molecule has 108 heavy (non-hydrogen) atoms. The molecule has 0 N–H and O–H groups in total. The van der Waals surface area contributed by atoms with Gasteiger partial charge in [0.05, 0.1) is 0 Å². The van der Waals surface area contributed by atoms with E-state index >= 15 is 0 Å². The molecule has 0 aliphatic carbocycles. The smallest absolute Gasteiger partial charge is 0.143 e. The van der Waals surface area contributed by atoms with Crippen molar-refractivity contribution in [3.8, 4) is 66.8 Å². The predicted molar refractivity (Wildman–Crippen MR) is 455 cm³/mol. The molecule has 4 nitrogen and oxygen atoms in total. The van der Waals surface area contributed by atoms with E-state index in [0.717, 1.165) is 99.2 Å². The van der Waals surface area contributed by atoms with Crippen LogP contribution < -0.4 is 0 Å². The number of rotatable bonds is 6. The molecule has 0 unspecified atom stereocenters. The molecular formula is C104H60O4. The van der Waals surface area contributed by atoms with Gasteiger partial charge in [-0.25, -0.2) is 0 Å². The second kappa shape index (κ2) is 23.6. The molecular weight excluding hydrogens is 1310 g/mol. The van der Waals surface area contributed by atoms with E-state index in [1.165, 1.54) is 141 Å². The van der Waals surface area contributed by atoms with E-state index in [2.05, 4.69) is 352 Å². The monoisotopic (exact) mass is 1370 g/mol. The Morgan fingerprint density at radius 3 is 0.759 bits per heavy atom. The summed E-state index contributed by atoms with van der Waals surface area (Å²) in [6.07, 6.45) is 0. The summed E-state index contributed by atoms with van der Waals surface area (Å²) in [6, 6.07) is 131. The minimum absolute atomic E-state index is 0.902. The van der Waals surface area contributed by atoms with Gasteiger partial charge < -0.3 is 17.7 Å². The Morgan fingerprint density at radius 1 is 0.130 bits per heavy atom. The van der Waals surface area contributed by atoms with Crippen molar-refractivity contribution in [1.82, 2.24) is 0 Å². The van der Waals surface area contributed by atoms with Crippen LogP contribution in [0.4, 0.5) is 0 Å². The SMILES string of the molecule is c1cc(-c2c3ccccc3c(-c3cccc(-c4c5ccccc5cc5c4oc4ccccc45)c3)c3ccccc23)cc(-c2c3ccccc3cc3c2oc2ccccc23)c1.c1ccc2c(c1)ccc1oc3ccc(-c4c5ccccc5c(-c5ccc6oc7ccc8ccccc8c7c6c5)c5ccccc45)cc3c12. The molecule has 0 amide bonds. The first-order valence-electron chi connectivity index (χ1n) is 37.0. The maximum Gasteiger partial charge on any atom is 0.143 e. The first kappa shape index (κ1) is 60.1. The van der Waals surface area contributed by atoms with Gasteiger partial charge in [-0.3, -0.25) is 0 Å². The molecule has 4 heteroatoms. The van der Waals surface area contributed by atoms with Crippen LogP contribution in [0.15, 0.2) is 382 Å². The molecule has 4 aromatic heterocycles. The Bertz CT molecular complexity index is 7370. The lowest BCUT2D eigenvalue weighted by Gasteiger charge is -2.19. The molecule has 0 radical (unpaired) electrons. The number of benzene rings is 20. The first-order valence-corrected chi connectivity index (χ1v) is 37.0. The lowest BCUT2D eigenvalue weighted by molar-refractivity contribution is 0.669. The van der Waals surface area contributed by atoms with Gasteiger partial charge in [0.1, 0.15) is 44.7 Å². The molecule has 0 atom stereocenters. The fourth-order valence-corrected chi connectivity index (χ4v) is 18.2. The highest BCUT2D eigenvalue weighted by Gasteiger charge is 2.25. The fourth-order valence-electron chi connectivity index (χ4n) is 18.2. The molecule has 0 aliphatic heterocycles. The molecule has 0 saturated heterocycles. The lowest BCUT2D eigenvalue weighted by atomic mass is 9.84. The van der Waals surface area contributed by atoms with Crippen LogP contribution in [0.1, 0.15) is 0 Å². The largest absolute Gasteiger partial charge is 0.456 e. The van der Waals surface area contributed by atoms with Crippen molar-refractivity contribution in [2.75, 3.05) is 0 Å². The molecule has 500 valence electrons. The van der Waals surface area contributed by atoms with E-state index in [1.54, 1.807) is 0 Å². The second-order valence-electron chi connectivity index (χ2n) is 28.7. The zero-order chi connectivity index (χ0) is 70.7. The number of hydrogen-bond acceptors (Lipinski definition) is 4. The Labute approximate surface area is 618 Å². The topological polar surface area (TPSA) is 52.6 Å². The van der Waals surface area contributed by atoms with E-state index in [9.17, 15) is 0 Å². The van der Waals surface area contributed by atoms with Gasteiger partial charge in [-0.05, 0) is 215 Å². The molecule has 0 saturated carbocycles. The van der Waals surface area contributed by atoms with Crippen LogP contribution in [0.2, 0.25) is 0 Å². The Kier molecular flexibility index (Phi) is 13.1. The van der Waals surface area contributed by atoms with Crippen molar-refractivity contribution in [3.63, 3.8) is 0 Å². The van der Waals surface area contributed by atoms with E-state index in [0.29, 0.717) is 0 Å². The molecule has 20 aromatic carbocycles.